The SMILES string of the molecule is CCCNc1cc(NCC2(C)CCCO2)ccn1. The maximum absolute atomic E-state index is 5.76. The summed E-state index contributed by atoms with van der Waals surface area (Å²) in [6, 6.07) is 4.05. The zero-order chi connectivity index (χ0) is 12.8. The number of rotatable bonds is 6. The number of ether oxygens (including phenoxy) is 1. The molecule has 0 amide bonds. The molecular formula is C14H23N3O. The second-order valence-corrected chi connectivity index (χ2v) is 5.11. The number of anilines is 2. The van der Waals surface area contributed by atoms with Gasteiger partial charge in [-0.25, -0.2) is 4.98 Å². The molecule has 1 unspecified atom stereocenters. The summed E-state index contributed by atoms with van der Waals surface area (Å²) in [6.45, 7) is 7.01. The van der Waals surface area contributed by atoms with Crippen LogP contribution in [0.2, 0.25) is 0 Å². The van der Waals surface area contributed by atoms with Crippen LogP contribution in [0.3, 0.4) is 0 Å². The molecule has 0 spiro atoms. The number of hydrogen-bond acceptors (Lipinski definition) is 4. The van der Waals surface area contributed by atoms with E-state index in [1.165, 1.54) is 0 Å². The first-order chi connectivity index (χ1) is 8.72. The highest BCUT2D eigenvalue weighted by Crippen LogP contribution is 2.25. The number of aromatic nitrogens is 1. The van der Waals surface area contributed by atoms with Crippen molar-refractivity contribution in [1.82, 2.24) is 4.98 Å². The zero-order valence-corrected chi connectivity index (χ0v) is 11.3. The number of nitrogens with zero attached hydrogens (tertiary/aromatic N) is 1. The van der Waals surface area contributed by atoms with Crippen LogP contribution in [0.25, 0.3) is 0 Å². The Balaban J connectivity index is 1.88. The van der Waals surface area contributed by atoms with Crippen LogP contribution < -0.4 is 10.6 Å². The molecule has 2 rings (SSSR count). The first kappa shape index (κ1) is 13.1. The van der Waals surface area contributed by atoms with Gasteiger partial charge in [-0.05, 0) is 32.3 Å². The third-order valence-electron chi connectivity index (χ3n) is 3.28. The molecule has 1 aromatic rings. The van der Waals surface area contributed by atoms with Crippen molar-refractivity contribution in [3.8, 4) is 0 Å². The summed E-state index contributed by atoms with van der Waals surface area (Å²) in [4.78, 5) is 4.29. The lowest BCUT2D eigenvalue weighted by atomic mass is 10.0. The Labute approximate surface area is 109 Å². The Morgan fingerprint density at radius 2 is 2.33 bits per heavy atom. The largest absolute Gasteiger partial charge is 0.382 e. The summed E-state index contributed by atoms with van der Waals surface area (Å²) in [5.41, 5.74) is 1.08. The number of pyridine rings is 1. The molecule has 4 nitrogen and oxygen atoms in total. The lowest BCUT2D eigenvalue weighted by Gasteiger charge is -2.24. The van der Waals surface area contributed by atoms with Gasteiger partial charge in [0.15, 0.2) is 0 Å². The van der Waals surface area contributed by atoms with Crippen LogP contribution in [0.4, 0.5) is 11.5 Å². The summed E-state index contributed by atoms with van der Waals surface area (Å²) < 4.78 is 5.76. The Morgan fingerprint density at radius 3 is 3.06 bits per heavy atom. The van der Waals surface area contributed by atoms with Crippen LogP contribution in [-0.2, 0) is 4.74 Å². The second kappa shape index (κ2) is 6.05. The maximum Gasteiger partial charge on any atom is 0.127 e. The van der Waals surface area contributed by atoms with Crippen molar-refractivity contribution in [2.45, 2.75) is 38.7 Å². The van der Waals surface area contributed by atoms with E-state index < -0.39 is 0 Å². The van der Waals surface area contributed by atoms with Crippen molar-refractivity contribution in [3.63, 3.8) is 0 Å². The lowest BCUT2D eigenvalue weighted by molar-refractivity contribution is 0.0315. The third-order valence-corrected chi connectivity index (χ3v) is 3.28. The van der Waals surface area contributed by atoms with Crippen molar-refractivity contribution < 1.29 is 4.74 Å². The third kappa shape index (κ3) is 3.60. The fourth-order valence-electron chi connectivity index (χ4n) is 2.16. The van der Waals surface area contributed by atoms with Crippen LogP contribution >= 0.6 is 0 Å². The van der Waals surface area contributed by atoms with Crippen LogP contribution in [0.1, 0.15) is 33.1 Å². The van der Waals surface area contributed by atoms with Gasteiger partial charge in [-0.1, -0.05) is 6.92 Å². The molecule has 18 heavy (non-hydrogen) atoms. The minimum atomic E-state index is -0.0136. The number of nitrogens with one attached hydrogen (secondary N) is 2. The smallest absolute Gasteiger partial charge is 0.127 e. The molecule has 0 saturated carbocycles. The monoisotopic (exact) mass is 249 g/mol. The van der Waals surface area contributed by atoms with Gasteiger partial charge in [0.1, 0.15) is 5.82 Å². The minimum absolute atomic E-state index is 0.0136. The van der Waals surface area contributed by atoms with E-state index in [0.717, 1.165) is 50.5 Å². The van der Waals surface area contributed by atoms with Gasteiger partial charge in [0.2, 0.25) is 0 Å². The highest BCUT2D eigenvalue weighted by molar-refractivity contribution is 5.52. The van der Waals surface area contributed by atoms with Gasteiger partial charge in [-0.2, -0.15) is 0 Å². The van der Waals surface area contributed by atoms with E-state index in [9.17, 15) is 0 Å². The summed E-state index contributed by atoms with van der Waals surface area (Å²) in [5, 5.41) is 6.73. The van der Waals surface area contributed by atoms with Gasteiger partial charge in [-0.3, -0.25) is 0 Å². The fourth-order valence-corrected chi connectivity index (χ4v) is 2.16. The predicted molar refractivity (Wildman–Crippen MR) is 75.1 cm³/mol. The number of hydrogen-bond donors (Lipinski definition) is 2. The first-order valence-electron chi connectivity index (χ1n) is 6.80. The molecule has 0 aromatic carbocycles. The van der Waals surface area contributed by atoms with Gasteiger partial charge in [-0.15, -0.1) is 0 Å². The molecule has 2 heterocycles. The van der Waals surface area contributed by atoms with Crippen LogP contribution in [-0.4, -0.2) is 30.3 Å². The van der Waals surface area contributed by atoms with Gasteiger partial charge in [0, 0.05) is 37.6 Å². The standard InChI is InChI=1S/C14H23N3O/c1-3-7-15-13-10-12(5-8-16-13)17-11-14(2)6-4-9-18-14/h5,8,10H,3-4,6-7,9,11H2,1-2H3,(H2,15,16,17). The van der Waals surface area contributed by atoms with Gasteiger partial charge >= 0.3 is 0 Å². The highest BCUT2D eigenvalue weighted by atomic mass is 16.5. The zero-order valence-electron chi connectivity index (χ0n) is 11.3. The molecular weight excluding hydrogens is 226 g/mol. The fraction of sp³-hybridized carbons (Fsp3) is 0.643. The molecule has 0 radical (unpaired) electrons. The van der Waals surface area contributed by atoms with E-state index in [4.69, 9.17) is 4.74 Å². The molecule has 1 saturated heterocycles. The molecule has 1 aliphatic rings. The topological polar surface area (TPSA) is 46.2 Å². The average Bonchev–Trinajstić information content (AvgIpc) is 2.82. The second-order valence-electron chi connectivity index (χ2n) is 5.11. The molecule has 0 aliphatic carbocycles. The highest BCUT2D eigenvalue weighted by Gasteiger charge is 2.29. The van der Waals surface area contributed by atoms with Gasteiger partial charge in [0.25, 0.3) is 0 Å². The van der Waals surface area contributed by atoms with E-state index in [1.54, 1.807) is 0 Å². The minimum Gasteiger partial charge on any atom is -0.382 e. The van der Waals surface area contributed by atoms with Crippen molar-refractivity contribution in [3.05, 3.63) is 18.3 Å². The Morgan fingerprint density at radius 1 is 1.44 bits per heavy atom. The lowest BCUT2D eigenvalue weighted by Crippen LogP contribution is -2.32. The van der Waals surface area contributed by atoms with Gasteiger partial charge in [0.05, 0.1) is 5.60 Å². The molecule has 1 aliphatic heterocycles. The normalized spacial score (nSPS) is 23.0. The van der Waals surface area contributed by atoms with E-state index in [1.807, 2.05) is 18.3 Å². The quantitative estimate of drug-likeness (QED) is 0.814. The molecule has 4 heteroatoms. The molecule has 100 valence electrons. The van der Waals surface area contributed by atoms with E-state index in [0.29, 0.717) is 0 Å². The summed E-state index contributed by atoms with van der Waals surface area (Å²) >= 11 is 0. The van der Waals surface area contributed by atoms with E-state index >= 15 is 0 Å². The van der Waals surface area contributed by atoms with Crippen LogP contribution in [0, 0.1) is 0 Å². The summed E-state index contributed by atoms with van der Waals surface area (Å²) in [6.07, 6.45) is 5.23. The Bertz CT molecular complexity index is 375. The van der Waals surface area contributed by atoms with Crippen molar-refractivity contribution in [2.75, 3.05) is 30.3 Å². The summed E-state index contributed by atoms with van der Waals surface area (Å²) in [7, 11) is 0. The molecule has 0 bridgehead atoms. The van der Waals surface area contributed by atoms with Crippen LogP contribution in [0.15, 0.2) is 18.3 Å². The Hall–Kier alpha value is -1.29. The van der Waals surface area contributed by atoms with Crippen molar-refractivity contribution in [1.29, 1.82) is 0 Å². The van der Waals surface area contributed by atoms with Gasteiger partial charge < -0.3 is 15.4 Å². The summed E-state index contributed by atoms with van der Waals surface area (Å²) in [5.74, 6) is 0.930. The van der Waals surface area contributed by atoms with Crippen molar-refractivity contribution >= 4 is 11.5 Å². The molecule has 1 atom stereocenters. The molecule has 1 aromatic heterocycles. The predicted octanol–water partition coefficient (Wildman–Crippen LogP) is 2.88. The van der Waals surface area contributed by atoms with E-state index in [-0.39, 0.29) is 5.60 Å². The Kier molecular flexibility index (Phi) is 4.42. The first-order valence-corrected chi connectivity index (χ1v) is 6.80. The molecule has 2 N–H and O–H groups in total. The average molecular weight is 249 g/mol. The molecule has 1 fully saturated rings. The van der Waals surface area contributed by atoms with Crippen molar-refractivity contribution in [2.24, 2.45) is 0 Å². The van der Waals surface area contributed by atoms with Crippen LogP contribution in [0.5, 0.6) is 0 Å². The maximum atomic E-state index is 5.76. The van der Waals surface area contributed by atoms with E-state index in [2.05, 4.69) is 29.5 Å².